The average Bonchev–Trinajstić information content (AvgIpc) is 2.83. The summed E-state index contributed by atoms with van der Waals surface area (Å²) in [5.41, 5.74) is -0.877. The molecule has 2 rings (SSSR count). The Bertz CT molecular complexity index is 537. The number of carboxylic acids is 1. The van der Waals surface area contributed by atoms with Crippen LogP contribution in [-0.2, 0) is 11.0 Å². The fourth-order valence-electron chi connectivity index (χ4n) is 2.41. The highest BCUT2D eigenvalue weighted by Crippen LogP contribution is 2.35. The third-order valence-corrected chi connectivity index (χ3v) is 3.78. The SMILES string of the molecule is O=C(O)CCC1CCN(c2ncc(C(F)(F)F)cc2Cl)C1. The van der Waals surface area contributed by atoms with Gasteiger partial charge in [-0.2, -0.15) is 13.2 Å². The Morgan fingerprint density at radius 1 is 1.52 bits per heavy atom. The lowest BCUT2D eigenvalue weighted by atomic mass is 10.0. The van der Waals surface area contributed by atoms with Crippen LogP contribution in [0.5, 0.6) is 0 Å². The molecule has 2 heterocycles. The molecule has 4 nitrogen and oxygen atoms in total. The smallest absolute Gasteiger partial charge is 0.417 e. The molecule has 0 saturated carbocycles. The molecule has 0 aliphatic carbocycles. The first-order chi connectivity index (χ1) is 9.77. The highest BCUT2D eigenvalue weighted by atomic mass is 35.5. The fourth-order valence-corrected chi connectivity index (χ4v) is 2.69. The fraction of sp³-hybridized carbons (Fsp3) is 0.538. The first kappa shape index (κ1) is 15.9. The molecule has 1 aromatic heterocycles. The van der Waals surface area contributed by atoms with Crippen molar-refractivity contribution in [2.24, 2.45) is 5.92 Å². The van der Waals surface area contributed by atoms with E-state index >= 15 is 0 Å². The largest absolute Gasteiger partial charge is 0.481 e. The quantitative estimate of drug-likeness (QED) is 0.922. The van der Waals surface area contributed by atoms with E-state index < -0.39 is 17.7 Å². The van der Waals surface area contributed by atoms with Gasteiger partial charge >= 0.3 is 12.1 Å². The number of rotatable bonds is 4. The van der Waals surface area contributed by atoms with E-state index in [0.29, 0.717) is 25.3 Å². The van der Waals surface area contributed by atoms with E-state index in [1.54, 1.807) is 4.90 Å². The lowest BCUT2D eigenvalue weighted by molar-refractivity contribution is -0.138. The number of hydrogen-bond donors (Lipinski definition) is 1. The van der Waals surface area contributed by atoms with Gasteiger partial charge in [0.2, 0.25) is 0 Å². The molecule has 0 radical (unpaired) electrons. The second kappa shape index (κ2) is 6.09. The zero-order valence-electron chi connectivity index (χ0n) is 11.0. The van der Waals surface area contributed by atoms with E-state index in [2.05, 4.69) is 4.98 Å². The van der Waals surface area contributed by atoms with Crippen molar-refractivity contribution in [2.45, 2.75) is 25.4 Å². The monoisotopic (exact) mass is 322 g/mol. The number of nitrogens with zero attached hydrogens (tertiary/aromatic N) is 2. The number of halogens is 4. The van der Waals surface area contributed by atoms with Gasteiger partial charge < -0.3 is 10.0 Å². The summed E-state index contributed by atoms with van der Waals surface area (Å²) in [6.45, 7) is 1.17. The molecule has 1 fully saturated rings. The summed E-state index contributed by atoms with van der Waals surface area (Å²) < 4.78 is 37.6. The molecule has 1 N–H and O–H groups in total. The lowest BCUT2D eigenvalue weighted by Crippen LogP contribution is -2.22. The van der Waals surface area contributed by atoms with Crippen LogP contribution >= 0.6 is 11.6 Å². The Balaban J connectivity index is 2.05. The molecule has 8 heteroatoms. The summed E-state index contributed by atoms with van der Waals surface area (Å²) >= 11 is 5.89. The predicted octanol–water partition coefficient (Wildman–Crippen LogP) is 3.44. The molecular formula is C13H14ClF3N2O2. The topological polar surface area (TPSA) is 53.4 Å². The minimum Gasteiger partial charge on any atom is -0.481 e. The number of carboxylic acid groups (broad SMARTS) is 1. The van der Waals surface area contributed by atoms with Crippen molar-refractivity contribution in [3.05, 3.63) is 22.8 Å². The zero-order chi connectivity index (χ0) is 15.6. The third kappa shape index (κ3) is 4.00. The van der Waals surface area contributed by atoms with Crippen molar-refractivity contribution in [3.8, 4) is 0 Å². The van der Waals surface area contributed by atoms with Crippen molar-refractivity contribution in [1.82, 2.24) is 4.98 Å². The Morgan fingerprint density at radius 3 is 2.81 bits per heavy atom. The molecule has 0 aromatic carbocycles. The van der Waals surface area contributed by atoms with Crippen LogP contribution in [-0.4, -0.2) is 29.1 Å². The maximum atomic E-state index is 12.5. The molecule has 116 valence electrons. The van der Waals surface area contributed by atoms with Crippen molar-refractivity contribution < 1.29 is 23.1 Å². The van der Waals surface area contributed by atoms with Crippen molar-refractivity contribution in [3.63, 3.8) is 0 Å². The summed E-state index contributed by atoms with van der Waals surface area (Å²) in [4.78, 5) is 16.2. The maximum Gasteiger partial charge on any atom is 0.417 e. The van der Waals surface area contributed by atoms with Crippen LogP contribution in [0.3, 0.4) is 0 Å². The van der Waals surface area contributed by atoms with Crippen LogP contribution in [0.2, 0.25) is 5.02 Å². The summed E-state index contributed by atoms with van der Waals surface area (Å²) in [5.74, 6) is -0.331. The highest BCUT2D eigenvalue weighted by molar-refractivity contribution is 6.33. The molecule has 21 heavy (non-hydrogen) atoms. The maximum absolute atomic E-state index is 12.5. The summed E-state index contributed by atoms with van der Waals surface area (Å²) in [5, 5.41) is 8.62. The number of aromatic nitrogens is 1. The number of carbonyl (C=O) groups is 1. The van der Waals surface area contributed by atoms with Gasteiger partial charge in [0.15, 0.2) is 0 Å². The Hall–Kier alpha value is -1.50. The average molecular weight is 323 g/mol. The van der Waals surface area contributed by atoms with Crippen LogP contribution in [0.25, 0.3) is 0 Å². The second-order valence-corrected chi connectivity index (χ2v) is 5.47. The minimum absolute atomic E-state index is 0.0382. The Morgan fingerprint density at radius 2 is 2.24 bits per heavy atom. The highest BCUT2D eigenvalue weighted by Gasteiger charge is 2.33. The summed E-state index contributed by atoms with van der Waals surface area (Å²) in [6, 6.07) is 0.870. The lowest BCUT2D eigenvalue weighted by Gasteiger charge is -2.19. The van der Waals surface area contributed by atoms with Gasteiger partial charge in [-0.1, -0.05) is 11.6 Å². The van der Waals surface area contributed by atoms with Crippen LogP contribution in [0, 0.1) is 5.92 Å². The number of hydrogen-bond acceptors (Lipinski definition) is 3. The molecule has 1 aliphatic rings. The van der Waals surface area contributed by atoms with Gasteiger partial charge in [-0.25, -0.2) is 4.98 Å². The predicted molar refractivity (Wildman–Crippen MR) is 71.4 cm³/mol. The third-order valence-electron chi connectivity index (χ3n) is 3.50. The van der Waals surface area contributed by atoms with Gasteiger partial charge in [0.25, 0.3) is 0 Å². The van der Waals surface area contributed by atoms with Gasteiger partial charge in [0, 0.05) is 25.7 Å². The Kier molecular flexibility index (Phi) is 4.61. The molecule has 1 aliphatic heterocycles. The van der Waals surface area contributed by atoms with E-state index in [0.717, 1.165) is 18.7 Å². The summed E-state index contributed by atoms with van der Waals surface area (Å²) in [7, 11) is 0. The van der Waals surface area contributed by atoms with Crippen LogP contribution in [0.1, 0.15) is 24.8 Å². The standard InChI is InChI=1S/C13H14ClF3N2O2/c14-10-5-9(13(15,16)17)6-18-12(10)19-4-3-8(7-19)1-2-11(20)21/h5-6,8H,1-4,7H2,(H,20,21). The van der Waals surface area contributed by atoms with E-state index in [9.17, 15) is 18.0 Å². The molecule has 0 bridgehead atoms. The van der Waals surface area contributed by atoms with E-state index in [1.165, 1.54) is 0 Å². The second-order valence-electron chi connectivity index (χ2n) is 5.06. The van der Waals surface area contributed by atoms with Gasteiger partial charge in [-0.15, -0.1) is 0 Å². The Labute approximate surface area is 124 Å². The van der Waals surface area contributed by atoms with Gasteiger partial charge in [-0.05, 0) is 24.8 Å². The van der Waals surface area contributed by atoms with Crippen molar-refractivity contribution in [2.75, 3.05) is 18.0 Å². The van der Waals surface area contributed by atoms with E-state index in [4.69, 9.17) is 16.7 Å². The zero-order valence-corrected chi connectivity index (χ0v) is 11.8. The van der Waals surface area contributed by atoms with Gasteiger partial charge in [0.1, 0.15) is 5.82 Å². The number of aliphatic carboxylic acids is 1. The van der Waals surface area contributed by atoms with Gasteiger partial charge in [0.05, 0.1) is 10.6 Å². The molecular weight excluding hydrogens is 309 g/mol. The number of pyridine rings is 1. The molecule has 1 aromatic rings. The minimum atomic E-state index is -4.47. The molecule has 0 spiro atoms. The first-order valence-electron chi connectivity index (χ1n) is 6.47. The summed E-state index contributed by atoms with van der Waals surface area (Å²) in [6.07, 6.45) is -2.28. The van der Waals surface area contributed by atoms with Crippen molar-refractivity contribution >= 4 is 23.4 Å². The molecule has 1 saturated heterocycles. The molecule has 0 amide bonds. The van der Waals surface area contributed by atoms with Crippen LogP contribution < -0.4 is 4.90 Å². The van der Waals surface area contributed by atoms with E-state index in [1.807, 2.05) is 0 Å². The van der Waals surface area contributed by atoms with Crippen molar-refractivity contribution in [1.29, 1.82) is 0 Å². The van der Waals surface area contributed by atoms with Gasteiger partial charge in [-0.3, -0.25) is 4.79 Å². The normalized spacial score (nSPS) is 19.0. The van der Waals surface area contributed by atoms with Crippen LogP contribution in [0.15, 0.2) is 12.3 Å². The van der Waals surface area contributed by atoms with Crippen LogP contribution in [0.4, 0.5) is 19.0 Å². The number of anilines is 1. The number of alkyl halides is 3. The first-order valence-corrected chi connectivity index (χ1v) is 6.84. The van der Waals surface area contributed by atoms with E-state index in [-0.39, 0.29) is 17.4 Å². The molecule has 1 unspecified atom stereocenters. The molecule has 1 atom stereocenters.